The zero-order chi connectivity index (χ0) is 31.3. The van der Waals surface area contributed by atoms with E-state index in [1.54, 1.807) is 31.3 Å². The lowest BCUT2D eigenvalue weighted by molar-refractivity contribution is -0.136. The van der Waals surface area contributed by atoms with Crippen molar-refractivity contribution in [3.05, 3.63) is 108 Å². The van der Waals surface area contributed by atoms with E-state index in [1.807, 2.05) is 66.7 Å². The zero-order valence-corrected chi connectivity index (χ0v) is 25.4. The summed E-state index contributed by atoms with van der Waals surface area (Å²) in [6.45, 7) is 2.78. The molecule has 0 aliphatic rings. The van der Waals surface area contributed by atoms with Gasteiger partial charge in [-0.3, -0.25) is 14.5 Å². The largest absolute Gasteiger partial charge is 0.481 e. The minimum absolute atomic E-state index is 0.0868. The third-order valence-corrected chi connectivity index (χ3v) is 7.46. The average molecular weight is 593 g/mol. The molecule has 8 nitrogen and oxygen atoms in total. The Labute approximate surface area is 259 Å². The molecule has 3 N–H and O–H groups in total. The van der Waals surface area contributed by atoms with Crippen LogP contribution in [0.2, 0.25) is 0 Å². The van der Waals surface area contributed by atoms with Crippen molar-refractivity contribution in [2.24, 2.45) is 0 Å². The number of nitrogens with zero attached hydrogens (tertiary/aromatic N) is 2. The van der Waals surface area contributed by atoms with E-state index in [-0.39, 0.29) is 24.7 Å². The molecule has 0 fully saturated rings. The number of hydrogen-bond acceptors (Lipinski definition) is 5. The molecule has 0 atom stereocenters. The third-order valence-electron chi connectivity index (χ3n) is 7.46. The number of unbranched alkanes of at least 4 members (excludes halogenated alkanes) is 4. The Balaban J connectivity index is 1.61. The Morgan fingerprint density at radius 3 is 2.27 bits per heavy atom. The lowest BCUT2D eigenvalue weighted by atomic mass is 9.96. The second kappa shape index (κ2) is 16.0. The highest BCUT2D eigenvalue weighted by molar-refractivity contribution is 6.12. The van der Waals surface area contributed by atoms with Gasteiger partial charge in [-0.1, -0.05) is 93.3 Å². The SMILES string of the molecule is CCCCCCCNC(=O)N(C)c1cccc(-c2cccc(Nc3ccccc3C(=O)c3ccccc3)c2CCC(=O)O)n1. The number of benzene rings is 3. The predicted molar refractivity (Wildman–Crippen MR) is 176 cm³/mol. The summed E-state index contributed by atoms with van der Waals surface area (Å²) in [5.74, 6) is -0.556. The van der Waals surface area contributed by atoms with Gasteiger partial charge in [-0.15, -0.1) is 0 Å². The molecule has 2 amide bonds. The molecule has 0 aliphatic carbocycles. The van der Waals surface area contributed by atoms with E-state index in [1.165, 1.54) is 24.2 Å². The van der Waals surface area contributed by atoms with E-state index < -0.39 is 5.97 Å². The van der Waals surface area contributed by atoms with E-state index in [9.17, 15) is 19.5 Å². The smallest absolute Gasteiger partial charge is 0.322 e. The van der Waals surface area contributed by atoms with E-state index >= 15 is 0 Å². The highest BCUT2D eigenvalue weighted by atomic mass is 16.4. The van der Waals surface area contributed by atoms with E-state index in [0.717, 1.165) is 24.0 Å². The number of pyridine rings is 1. The molecule has 4 rings (SSSR count). The molecule has 3 aromatic carbocycles. The number of amides is 2. The number of carboxylic acids is 1. The molecule has 0 saturated carbocycles. The number of nitrogens with one attached hydrogen (secondary N) is 2. The summed E-state index contributed by atoms with van der Waals surface area (Å²) in [6, 6.07) is 27.2. The highest BCUT2D eigenvalue weighted by Crippen LogP contribution is 2.33. The number of hydrogen-bond donors (Lipinski definition) is 3. The summed E-state index contributed by atoms with van der Waals surface area (Å²) < 4.78 is 0. The van der Waals surface area contributed by atoms with Crippen LogP contribution in [0.25, 0.3) is 11.3 Å². The van der Waals surface area contributed by atoms with E-state index in [2.05, 4.69) is 17.6 Å². The Morgan fingerprint density at radius 2 is 1.50 bits per heavy atom. The summed E-state index contributed by atoms with van der Waals surface area (Å²) >= 11 is 0. The summed E-state index contributed by atoms with van der Waals surface area (Å²) in [5, 5.41) is 15.9. The number of aromatic nitrogens is 1. The number of anilines is 3. The van der Waals surface area contributed by atoms with Gasteiger partial charge < -0.3 is 15.7 Å². The molecule has 1 heterocycles. The number of para-hydroxylation sites is 1. The Morgan fingerprint density at radius 1 is 0.795 bits per heavy atom. The monoisotopic (exact) mass is 592 g/mol. The van der Waals surface area contributed by atoms with Crippen LogP contribution in [0.4, 0.5) is 22.0 Å². The summed E-state index contributed by atoms with van der Waals surface area (Å²) in [6.07, 6.45) is 5.71. The van der Waals surface area contributed by atoms with Crippen molar-refractivity contribution in [2.45, 2.75) is 51.9 Å². The number of urea groups is 1. The van der Waals surface area contributed by atoms with Crippen molar-refractivity contribution >= 4 is 35.0 Å². The van der Waals surface area contributed by atoms with Crippen molar-refractivity contribution in [3.8, 4) is 11.3 Å². The first kappa shape index (κ1) is 31.9. The summed E-state index contributed by atoms with van der Waals surface area (Å²) in [7, 11) is 1.68. The first-order valence-electron chi connectivity index (χ1n) is 15.2. The molecule has 0 spiro atoms. The molecule has 8 heteroatoms. The van der Waals surface area contributed by atoms with Crippen molar-refractivity contribution in [3.63, 3.8) is 0 Å². The fourth-order valence-electron chi connectivity index (χ4n) is 5.03. The van der Waals surface area contributed by atoms with Gasteiger partial charge in [-0.2, -0.15) is 0 Å². The van der Waals surface area contributed by atoms with E-state index in [4.69, 9.17) is 4.98 Å². The minimum atomic E-state index is -0.918. The fraction of sp³-hybridized carbons (Fsp3) is 0.278. The quantitative estimate of drug-likeness (QED) is 0.0957. The molecule has 0 aliphatic heterocycles. The normalized spacial score (nSPS) is 10.7. The summed E-state index contributed by atoms with van der Waals surface area (Å²) in [5.41, 5.74) is 4.48. The van der Waals surface area contributed by atoms with Gasteiger partial charge in [0.1, 0.15) is 5.82 Å². The molecule has 0 radical (unpaired) electrons. The zero-order valence-electron chi connectivity index (χ0n) is 25.4. The van der Waals surface area contributed by atoms with Crippen molar-refractivity contribution in [1.29, 1.82) is 0 Å². The van der Waals surface area contributed by atoms with Crippen molar-refractivity contribution in [2.75, 3.05) is 23.8 Å². The minimum Gasteiger partial charge on any atom is -0.481 e. The molecule has 44 heavy (non-hydrogen) atoms. The van der Waals surface area contributed by atoms with Crippen LogP contribution in [-0.2, 0) is 11.2 Å². The van der Waals surface area contributed by atoms with Crippen LogP contribution in [0, 0.1) is 0 Å². The van der Waals surface area contributed by atoms with Gasteiger partial charge in [0.25, 0.3) is 0 Å². The molecule has 4 aromatic rings. The first-order chi connectivity index (χ1) is 21.4. The van der Waals surface area contributed by atoms with Gasteiger partial charge >= 0.3 is 12.0 Å². The highest BCUT2D eigenvalue weighted by Gasteiger charge is 2.18. The molecule has 228 valence electrons. The van der Waals surface area contributed by atoms with E-state index in [0.29, 0.717) is 40.6 Å². The standard InChI is InChI=1S/C36H40N4O4/c1-3-4-5-6-12-25-37-36(44)40(2)33-22-14-21-31(39-33)27-18-13-20-30(28(27)23-24-34(41)42)38-32-19-11-10-17-29(32)35(43)26-15-8-7-9-16-26/h7-11,13-22,38H,3-6,12,23-25H2,1-2H3,(H,37,44)(H,41,42). The van der Waals surface area contributed by atoms with Gasteiger partial charge in [0.15, 0.2) is 5.78 Å². The molecular formula is C36H40N4O4. The molecule has 0 unspecified atom stereocenters. The number of carbonyl (C=O) groups is 3. The number of rotatable bonds is 15. The van der Waals surface area contributed by atoms with Gasteiger partial charge in [0.2, 0.25) is 0 Å². The second-order valence-electron chi connectivity index (χ2n) is 10.7. The van der Waals surface area contributed by atoms with Gasteiger partial charge in [0.05, 0.1) is 5.69 Å². The van der Waals surface area contributed by atoms with Crippen LogP contribution in [0.1, 0.15) is 66.9 Å². The number of carbonyl (C=O) groups excluding carboxylic acids is 2. The average Bonchev–Trinajstić information content (AvgIpc) is 3.05. The molecule has 0 bridgehead atoms. The lowest BCUT2D eigenvalue weighted by Crippen LogP contribution is -2.38. The number of aliphatic carboxylic acids is 1. The topological polar surface area (TPSA) is 112 Å². The van der Waals surface area contributed by atoms with Gasteiger partial charge in [0, 0.05) is 48.1 Å². The number of ketones is 1. The third kappa shape index (κ3) is 8.53. The molecule has 0 saturated heterocycles. The maximum absolute atomic E-state index is 13.4. The van der Waals surface area contributed by atoms with Crippen LogP contribution >= 0.6 is 0 Å². The summed E-state index contributed by atoms with van der Waals surface area (Å²) in [4.78, 5) is 44.1. The van der Waals surface area contributed by atoms with Crippen molar-refractivity contribution < 1.29 is 19.5 Å². The molecule has 1 aromatic heterocycles. The predicted octanol–water partition coefficient (Wildman–Crippen LogP) is 7.86. The maximum Gasteiger partial charge on any atom is 0.322 e. The Hall–Kier alpha value is -4.98. The Bertz CT molecular complexity index is 1570. The van der Waals surface area contributed by atoms with Gasteiger partial charge in [-0.05, 0) is 48.7 Å². The lowest BCUT2D eigenvalue weighted by Gasteiger charge is -2.20. The maximum atomic E-state index is 13.4. The van der Waals surface area contributed by atoms with Crippen LogP contribution in [0.15, 0.2) is 91.0 Å². The van der Waals surface area contributed by atoms with Gasteiger partial charge in [-0.25, -0.2) is 9.78 Å². The Kier molecular flexibility index (Phi) is 11.6. The van der Waals surface area contributed by atoms with Crippen LogP contribution in [-0.4, -0.2) is 41.5 Å². The first-order valence-corrected chi connectivity index (χ1v) is 15.2. The number of carboxylic acid groups (broad SMARTS) is 1. The van der Waals surface area contributed by atoms with Crippen molar-refractivity contribution in [1.82, 2.24) is 10.3 Å². The molecular weight excluding hydrogens is 552 g/mol. The fourth-order valence-corrected chi connectivity index (χ4v) is 5.03. The second-order valence-corrected chi connectivity index (χ2v) is 10.7. The van der Waals surface area contributed by atoms with Crippen LogP contribution in [0.5, 0.6) is 0 Å². The van der Waals surface area contributed by atoms with Crippen LogP contribution < -0.4 is 15.5 Å². The van der Waals surface area contributed by atoms with Crippen LogP contribution in [0.3, 0.4) is 0 Å².